The van der Waals surface area contributed by atoms with Crippen molar-refractivity contribution in [2.75, 3.05) is 26.3 Å². The number of hydrogen-bond donors (Lipinski definition) is 0. The van der Waals surface area contributed by atoms with Crippen molar-refractivity contribution in [3.05, 3.63) is 45.6 Å². The van der Waals surface area contributed by atoms with Crippen LogP contribution in [0.15, 0.2) is 18.2 Å². The quantitative estimate of drug-likeness (QED) is 0.654. The summed E-state index contributed by atoms with van der Waals surface area (Å²) in [6.45, 7) is 8.37. The molecule has 1 saturated heterocycles. The first kappa shape index (κ1) is 18.0. The maximum atomic E-state index is 6.43. The van der Waals surface area contributed by atoms with E-state index in [1.54, 1.807) is 0 Å². The minimum atomic E-state index is 0.723. The highest BCUT2D eigenvalue weighted by atomic mass is 32.1. The molecule has 5 rings (SSSR count). The Hall–Kier alpha value is -2.02. The molecule has 0 spiro atoms. The summed E-state index contributed by atoms with van der Waals surface area (Å²) in [5, 5.41) is 1.13. The van der Waals surface area contributed by atoms with Gasteiger partial charge in [-0.3, -0.25) is 4.90 Å². The minimum absolute atomic E-state index is 0.723. The molecule has 6 heteroatoms. The van der Waals surface area contributed by atoms with E-state index in [1.165, 1.54) is 22.4 Å². The predicted octanol–water partition coefficient (Wildman–Crippen LogP) is 4.42. The number of benzene rings is 1. The summed E-state index contributed by atoms with van der Waals surface area (Å²) >= 11 is 1.82. The highest BCUT2D eigenvalue weighted by Crippen LogP contribution is 2.42. The van der Waals surface area contributed by atoms with Gasteiger partial charge in [0.05, 0.1) is 25.1 Å². The van der Waals surface area contributed by atoms with Gasteiger partial charge in [-0.25, -0.2) is 4.98 Å². The fraction of sp³-hybridized carbons (Fsp3) is 0.455. The van der Waals surface area contributed by atoms with E-state index in [0.717, 1.165) is 78.9 Å². The summed E-state index contributed by atoms with van der Waals surface area (Å²) in [5.74, 6) is 2.45. The van der Waals surface area contributed by atoms with Gasteiger partial charge in [0.1, 0.15) is 16.4 Å². The molecule has 0 N–H and O–H groups in total. The van der Waals surface area contributed by atoms with Crippen molar-refractivity contribution in [3.63, 3.8) is 0 Å². The SMILES string of the molecule is Cc1cccc(Oc2nc(CN3CCOCC3)nc3sc4c(c23)CCC4)c1C. The Morgan fingerprint density at radius 3 is 2.86 bits per heavy atom. The van der Waals surface area contributed by atoms with Crippen molar-refractivity contribution in [3.8, 4) is 11.6 Å². The second-order valence-electron chi connectivity index (χ2n) is 7.67. The van der Waals surface area contributed by atoms with Crippen LogP contribution in [-0.2, 0) is 24.1 Å². The first-order chi connectivity index (χ1) is 13.7. The maximum absolute atomic E-state index is 6.43. The fourth-order valence-corrected chi connectivity index (χ4v) is 5.32. The van der Waals surface area contributed by atoms with Gasteiger partial charge in [-0.15, -0.1) is 11.3 Å². The standard InChI is InChI=1S/C22H25N3O2S/c1-14-5-3-7-17(15(14)2)27-21-20-16-6-4-8-18(16)28-22(20)24-19(23-21)13-25-9-11-26-12-10-25/h3,5,7H,4,6,8-13H2,1-2H3. The van der Waals surface area contributed by atoms with Gasteiger partial charge in [-0.2, -0.15) is 4.98 Å². The molecule has 0 saturated carbocycles. The summed E-state index contributed by atoms with van der Waals surface area (Å²) in [7, 11) is 0. The number of hydrogen-bond acceptors (Lipinski definition) is 6. The van der Waals surface area contributed by atoms with Gasteiger partial charge >= 0.3 is 0 Å². The molecule has 3 aromatic rings. The highest BCUT2D eigenvalue weighted by Gasteiger charge is 2.24. The third-order valence-electron chi connectivity index (χ3n) is 5.81. The van der Waals surface area contributed by atoms with Gasteiger partial charge in [0.25, 0.3) is 0 Å². The molecule has 0 unspecified atom stereocenters. The van der Waals surface area contributed by atoms with E-state index in [-0.39, 0.29) is 0 Å². The average molecular weight is 396 g/mol. The molecule has 1 aromatic carbocycles. The summed E-state index contributed by atoms with van der Waals surface area (Å²) in [4.78, 5) is 14.7. The summed E-state index contributed by atoms with van der Waals surface area (Å²) in [5.41, 5.74) is 3.79. The lowest BCUT2D eigenvalue weighted by molar-refractivity contribution is 0.0330. The molecule has 1 aliphatic heterocycles. The van der Waals surface area contributed by atoms with Crippen LogP contribution >= 0.6 is 11.3 Å². The smallest absolute Gasteiger partial charge is 0.231 e. The number of fused-ring (bicyclic) bond motifs is 3. The molecule has 28 heavy (non-hydrogen) atoms. The number of thiophene rings is 1. The van der Waals surface area contributed by atoms with Gasteiger partial charge in [-0.1, -0.05) is 12.1 Å². The Morgan fingerprint density at radius 2 is 2.00 bits per heavy atom. The van der Waals surface area contributed by atoms with Crippen LogP contribution in [0.1, 0.15) is 33.8 Å². The third kappa shape index (κ3) is 3.30. The van der Waals surface area contributed by atoms with Crippen LogP contribution < -0.4 is 4.74 Å². The topological polar surface area (TPSA) is 47.5 Å². The average Bonchev–Trinajstić information content (AvgIpc) is 3.27. The van der Waals surface area contributed by atoms with Crippen LogP contribution in [0.2, 0.25) is 0 Å². The summed E-state index contributed by atoms with van der Waals surface area (Å²) in [6, 6.07) is 6.19. The molecule has 2 aromatic heterocycles. The normalized spacial score (nSPS) is 17.2. The molecule has 1 aliphatic carbocycles. The number of morpholine rings is 1. The Balaban J connectivity index is 1.57. The highest BCUT2D eigenvalue weighted by molar-refractivity contribution is 7.19. The van der Waals surface area contributed by atoms with Crippen LogP contribution in [0, 0.1) is 13.8 Å². The van der Waals surface area contributed by atoms with E-state index in [0.29, 0.717) is 0 Å². The van der Waals surface area contributed by atoms with Gasteiger partial charge < -0.3 is 9.47 Å². The zero-order chi connectivity index (χ0) is 19.1. The van der Waals surface area contributed by atoms with Gasteiger partial charge in [0, 0.05) is 18.0 Å². The molecular formula is C22H25N3O2S. The van der Waals surface area contributed by atoms with E-state index >= 15 is 0 Å². The van der Waals surface area contributed by atoms with Crippen molar-refractivity contribution in [2.24, 2.45) is 0 Å². The van der Waals surface area contributed by atoms with Crippen molar-refractivity contribution in [2.45, 2.75) is 39.7 Å². The molecule has 3 heterocycles. The summed E-state index contributed by atoms with van der Waals surface area (Å²) in [6.07, 6.45) is 3.47. The van der Waals surface area contributed by atoms with Gasteiger partial charge in [-0.05, 0) is 55.9 Å². The van der Waals surface area contributed by atoms with E-state index in [9.17, 15) is 0 Å². The van der Waals surface area contributed by atoms with E-state index in [4.69, 9.17) is 19.4 Å². The molecule has 146 valence electrons. The number of ether oxygens (including phenoxy) is 2. The zero-order valence-electron chi connectivity index (χ0n) is 16.5. The van der Waals surface area contributed by atoms with Crippen molar-refractivity contribution in [1.82, 2.24) is 14.9 Å². The lowest BCUT2D eigenvalue weighted by Gasteiger charge is -2.25. The molecule has 2 aliphatic rings. The van der Waals surface area contributed by atoms with Gasteiger partial charge in [0.15, 0.2) is 0 Å². The first-order valence-electron chi connectivity index (χ1n) is 10.0. The van der Waals surface area contributed by atoms with E-state index in [1.807, 2.05) is 23.5 Å². The third-order valence-corrected chi connectivity index (χ3v) is 6.99. The number of rotatable bonds is 4. The monoisotopic (exact) mass is 395 g/mol. The zero-order valence-corrected chi connectivity index (χ0v) is 17.3. The van der Waals surface area contributed by atoms with Crippen LogP contribution in [0.5, 0.6) is 11.6 Å². The van der Waals surface area contributed by atoms with E-state index in [2.05, 4.69) is 24.8 Å². The van der Waals surface area contributed by atoms with Crippen LogP contribution in [0.3, 0.4) is 0 Å². The molecule has 0 bridgehead atoms. The van der Waals surface area contributed by atoms with Crippen molar-refractivity contribution >= 4 is 21.6 Å². The second kappa shape index (κ2) is 7.43. The van der Waals surface area contributed by atoms with Crippen molar-refractivity contribution in [1.29, 1.82) is 0 Å². The Bertz CT molecular complexity index is 1020. The van der Waals surface area contributed by atoms with Crippen molar-refractivity contribution < 1.29 is 9.47 Å². The second-order valence-corrected chi connectivity index (χ2v) is 8.75. The number of nitrogens with zero attached hydrogens (tertiary/aromatic N) is 3. The predicted molar refractivity (Wildman–Crippen MR) is 112 cm³/mol. The lowest BCUT2D eigenvalue weighted by Crippen LogP contribution is -2.36. The molecule has 0 radical (unpaired) electrons. The molecule has 0 atom stereocenters. The first-order valence-corrected chi connectivity index (χ1v) is 10.9. The number of aryl methyl sites for hydroxylation is 3. The van der Waals surface area contributed by atoms with Crippen LogP contribution in [-0.4, -0.2) is 41.2 Å². The van der Waals surface area contributed by atoms with Crippen LogP contribution in [0.4, 0.5) is 0 Å². The number of aromatic nitrogens is 2. The summed E-state index contributed by atoms with van der Waals surface area (Å²) < 4.78 is 11.9. The lowest BCUT2D eigenvalue weighted by atomic mass is 10.1. The van der Waals surface area contributed by atoms with Gasteiger partial charge in [0.2, 0.25) is 5.88 Å². The molecule has 1 fully saturated rings. The fourth-order valence-electron chi connectivity index (χ4n) is 4.05. The van der Waals surface area contributed by atoms with E-state index < -0.39 is 0 Å². The van der Waals surface area contributed by atoms with Crippen LogP contribution in [0.25, 0.3) is 10.2 Å². The largest absolute Gasteiger partial charge is 0.438 e. The Labute approximate surface area is 169 Å². The Kier molecular flexibility index (Phi) is 4.78. The molecule has 0 amide bonds. The Morgan fingerprint density at radius 1 is 1.14 bits per heavy atom. The minimum Gasteiger partial charge on any atom is -0.438 e. The maximum Gasteiger partial charge on any atom is 0.231 e. The molecular weight excluding hydrogens is 370 g/mol. The molecule has 5 nitrogen and oxygen atoms in total.